The SMILES string of the molecule is O=[N+]([O-])c1ccc(S(=O)(=O)NC2CCSc3ccc(Cl)cc32)cc1. The first-order valence-corrected chi connectivity index (χ1v) is 9.90. The molecule has 9 heteroatoms. The van der Waals surface area contributed by atoms with Crippen molar-refractivity contribution in [1.29, 1.82) is 0 Å². The minimum Gasteiger partial charge on any atom is -0.258 e. The zero-order valence-corrected chi connectivity index (χ0v) is 14.7. The van der Waals surface area contributed by atoms with Crippen LogP contribution in [0.1, 0.15) is 18.0 Å². The van der Waals surface area contributed by atoms with Gasteiger partial charge in [-0.3, -0.25) is 10.1 Å². The second-order valence-corrected chi connectivity index (χ2v) is 8.53. The van der Waals surface area contributed by atoms with E-state index in [9.17, 15) is 18.5 Å². The Morgan fingerprint density at radius 1 is 1.21 bits per heavy atom. The van der Waals surface area contributed by atoms with E-state index >= 15 is 0 Å². The minimum atomic E-state index is -3.78. The summed E-state index contributed by atoms with van der Waals surface area (Å²) in [6.07, 6.45) is 0.643. The van der Waals surface area contributed by atoms with Crippen LogP contribution in [-0.2, 0) is 10.0 Å². The highest BCUT2D eigenvalue weighted by Gasteiger charge is 2.26. The van der Waals surface area contributed by atoms with Crippen molar-refractivity contribution in [2.45, 2.75) is 22.3 Å². The van der Waals surface area contributed by atoms with Crippen LogP contribution < -0.4 is 4.72 Å². The second kappa shape index (κ2) is 6.72. The fourth-order valence-electron chi connectivity index (χ4n) is 2.49. The average Bonchev–Trinajstić information content (AvgIpc) is 2.55. The summed E-state index contributed by atoms with van der Waals surface area (Å²) in [4.78, 5) is 11.1. The lowest BCUT2D eigenvalue weighted by Gasteiger charge is -2.26. The molecule has 24 heavy (non-hydrogen) atoms. The molecular weight excluding hydrogens is 372 g/mol. The Morgan fingerprint density at radius 3 is 2.58 bits per heavy atom. The van der Waals surface area contributed by atoms with Gasteiger partial charge >= 0.3 is 0 Å². The third kappa shape index (κ3) is 3.56. The van der Waals surface area contributed by atoms with Gasteiger partial charge in [-0.15, -0.1) is 11.8 Å². The second-order valence-electron chi connectivity index (χ2n) is 5.24. The van der Waals surface area contributed by atoms with E-state index in [2.05, 4.69) is 4.72 Å². The normalized spacial score (nSPS) is 17.3. The molecule has 1 N–H and O–H groups in total. The van der Waals surface area contributed by atoms with Crippen molar-refractivity contribution in [3.05, 3.63) is 63.2 Å². The molecule has 1 atom stereocenters. The average molecular weight is 385 g/mol. The molecule has 2 aromatic rings. The zero-order chi connectivity index (χ0) is 17.3. The summed E-state index contributed by atoms with van der Waals surface area (Å²) in [6, 6.07) is 9.88. The summed E-state index contributed by atoms with van der Waals surface area (Å²) in [6.45, 7) is 0. The molecule has 1 heterocycles. The van der Waals surface area contributed by atoms with Crippen molar-refractivity contribution in [1.82, 2.24) is 4.72 Å². The predicted octanol–water partition coefficient (Wildman–Crippen LogP) is 3.76. The van der Waals surface area contributed by atoms with Gasteiger partial charge in [0.05, 0.1) is 9.82 Å². The maximum absolute atomic E-state index is 12.6. The number of hydrogen-bond acceptors (Lipinski definition) is 5. The Kier molecular flexibility index (Phi) is 4.82. The number of sulfonamides is 1. The lowest BCUT2D eigenvalue weighted by Crippen LogP contribution is -2.30. The number of thioether (sulfide) groups is 1. The topological polar surface area (TPSA) is 89.3 Å². The molecule has 0 saturated carbocycles. The third-order valence-electron chi connectivity index (χ3n) is 3.67. The number of non-ortho nitro benzene ring substituents is 1. The van der Waals surface area contributed by atoms with Crippen molar-refractivity contribution in [2.75, 3.05) is 5.75 Å². The summed E-state index contributed by atoms with van der Waals surface area (Å²) in [5, 5.41) is 11.2. The molecule has 1 aliphatic heterocycles. The smallest absolute Gasteiger partial charge is 0.258 e. The van der Waals surface area contributed by atoms with E-state index in [0.29, 0.717) is 11.4 Å². The lowest BCUT2D eigenvalue weighted by molar-refractivity contribution is -0.384. The monoisotopic (exact) mass is 384 g/mol. The quantitative estimate of drug-likeness (QED) is 0.640. The molecule has 2 aromatic carbocycles. The molecule has 6 nitrogen and oxygen atoms in total. The fourth-order valence-corrected chi connectivity index (χ4v) is 5.03. The lowest BCUT2D eigenvalue weighted by atomic mass is 10.1. The van der Waals surface area contributed by atoms with Gasteiger partial charge in [-0.1, -0.05) is 11.6 Å². The van der Waals surface area contributed by atoms with Crippen LogP contribution in [0.25, 0.3) is 0 Å². The van der Waals surface area contributed by atoms with E-state index in [4.69, 9.17) is 11.6 Å². The number of rotatable bonds is 4. The highest BCUT2D eigenvalue weighted by molar-refractivity contribution is 7.99. The molecule has 1 unspecified atom stereocenters. The van der Waals surface area contributed by atoms with Crippen molar-refractivity contribution >= 4 is 39.1 Å². The van der Waals surface area contributed by atoms with Crippen LogP contribution in [0.5, 0.6) is 0 Å². The summed E-state index contributed by atoms with van der Waals surface area (Å²) in [5.41, 5.74) is 0.699. The van der Waals surface area contributed by atoms with Crippen molar-refractivity contribution in [3.8, 4) is 0 Å². The van der Waals surface area contributed by atoms with Crippen LogP contribution in [0.3, 0.4) is 0 Å². The van der Waals surface area contributed by atoms with E-state index in [1.807, 2.05) is 6.07 Å². The van der Waals surface area contributed by atoms with Crippen LogP contribution in [0.15, 0.2) is 52.3 Å². The largest absolute Gasteiger partial charge is 0.269 e. The zero-order valence-electron chi connectivity index (χ0n) is 12.3. The summed E-state index contributed by atoms with van der Waals surface area (Å²) < 4.78 is 27.8. The highest BCUT2D eigenvalue weighted by atomic mass is 35.5. The van der Waals surface area contributed by atoms with Crippen LogP contribution in [-0.4, -0.2) is 19.1 Å². The van der Waals surface area contributed by atoms with Gasteiger partial charge in [0.15, 0.2) is 0 Å². The Hall–Kier alpha value is -1.61. The van der Waals surface area contributed by atoms with Gasteiger partial charge in [0.25, 0.3) is 5.69 Å². The van der Waals surface area contributed by atoms with E-state index < -0.39 is 14.9 Å². The van der Waals surface area contributed by atoms with Crippen LogP contribution >= 0.6 is 23.4 Å². The summed E-state index contributed by atoms with van der Waals surface area (Å²) in [7, 11) is -3.78. The van der Waals surface area contributed by atoms with Crippen molar-refractivity contribution in [3.63, 3.8) is 0 Å². The molecule has 1 aliphatic rings. The molecule has 0 amide bonds. The molecule has 0 bridgehead atoms. The van der Waals surface area contributed by atoms with Gasteiger partial charge in [0, 0.05) is 28.1 Å². The van der Waals surface area contributed by atoms with E-state index in [-0.39, 0.29) is 16.6 Å². The van der Waals surface area contributed by atoms with E-state index in [1.54, 1.807) is 23.9 Å². The molecule has 0 saturated heterocycles. The number of nitro groups is 1. The molecule has 0 aliphatic carbocycles. The van der Waals surface area contributed by atoms with Crippen LogP contribution in [0.4, 0.5) is 5.69 Å². The molecule has 0 spiro atoms. The van der Waals surface area contributed by atoms with Crippen molar-refractivity contribution < 1.29 is 13.3 Å². The Balaban J connectivity index is 1.88. The minimum absolute atomic E-state index is 0.00472. The number of nitrogens with one attached hydrogen (secondary N) is 1. The third-order valence-corrected chi connectivity index (χ3v) is 6.51. The Morgan fingerprint density at radius 2 is 1.92 bits per heavy atom. The number of nitro benzene ring substituents is 1. The summed E-state index contributed by atoms with van der Waals surface area (Å²) in [5.74, 6) is 0.794. The van der Waals surface area contributed by atoms with Crippen molar-refractivity contribution in [2.24, 2.45) is 0 Å². The number of benzene rings is 2. The van der Waals surface area contributed by atoms with E-state index in [0.717, 1.165) is 16.2 Å². The molecular formula is C15H13ClN2O4S2. The van der Waals surface area contributed by atoms with Gasteiger partial charge < -0.3 is 0 Å². The Bertz CT molecular complexity index is 885. The fraction of sp³-hybridized carbons (Fsp3) is 0.200. The van der Waals surface area contributed by atoms with Gasteiger partial charge in [0.2, 0.25) is 10.0 Å². The molecule has 3 rings (SSSR count). The summed E-state index contributed by atoms with van der Waals surface area (Å²) >= 11 is 7.69. The molecule has 0 fully saturated rings. The first-order chi connectivity index (χ1) is 11.4. The predicted molar refractivity (Wildman–Crippen MR) is 93.0 cm³/mol. The standard InChI is InChI=1S/C15H13ClN2O4S2/c16-10-1-6-15-13(9-10)14(7-8-23-15)17-24(21,22)12-4-2-11(3-5-12)18(19)20/h1-6,9,14,17H,7-8H2. The molecule has 126 valence electrons. The molecule has 0 radical (unpaired) electrons. The first kappa shape index (κ1) is 17.2. The van der Waals surface area contributed by atoms with Gasteiger partial charge in [-0.25, -0.2) is 13.1 Å². The van der Waals surface area contributed by atoms with Gasteiger partial charge in [-0.05, 0) is 48.1 Å². The maximum atomic E-state index is 12.6. The highest BCUT2D eigenvalue weighted by Crippen LogP contribution is 2.38. The van der Waals surface area contributed by atoms with Gasteiger partial charge in [0.1, 0.15) is 0 Å². The first-order valence-electron chi connectivity index (χ1n) is 7.06. The number of halogens is 1. The number of hydrogen-bond donors (Lipinski definition) is 1. The Labute approximate surface area is 148 Å². The molecule has 0 aromatic heterocycles. The number of fused-ring (bicyclic) bond motifs is 1. The number of nitrogens with zero attached hydrogens (tertiary/aromatic N) is 1. The maximum Gasteiger partial charge on any atom is 0.269 e. The van der Waals surface area contributed by atoms with Crippen LogP contribution in [0, 0.1) is 10.1 Å². The van der Waals surface area contributed by atoms with Crippen LogP contribution in [0.2, 0.25) is 5.02 Å². The van der Waals surface area contributed by atoms with E-state index in [1.165, 1.54) is 24.3 Å². The van der Waals surface area contributed by atoms with Gasteiger partial charge in [-0.2, -0.15) is 0 Å².